The van der Waals surface area contributed by atoms with Crippen LogP contribution in [-0.4, -0.2) is 7.11 Å². The highest BCUT2D eigenvalue weighted by Gasteiger charge is 2.17. The van der Waals surface area contributed by atoms with Crippen molar-refractivity contribution in [2.75, 3.05) is 7.11 Å². The third kappa shape index (κ3) is 2.73. The number of benzene rings is 3. The summed E-state index contributed by atoms with van der Waals surface area (Å²) in [6.07, 6.45) is 0. The van der Waals surface area contributed by atoms with Gasteiger partial charge in [-0.1, -0.05) is 24.3 Å². The first kappa shape index (κ1) is 16.7. The number of methoxy groups -OCH3 is 1. The van der Waals surface area contributed by atoms with Crippen molar-refractivity contribution in [3.8, 4) is 11.4 Å². The Morgan fingerprint density at radius 3 is 2.25 bits per heavy atom. The van der Waals surface area contributed by atoms with E-state index in [4.69, 9.17) is 4.74 Å². The monoisotopic (exact) mass is 427 g/mol. The Bertz CT molecular complexity index is 1010. The molecule has 0 aliphatic heterocycles. The molecule has 3 heteroatoms. The number of aromatic nitrogens is 1. The van der Waals surface area contributed by atoms with E-state index in [1.54, 1.807) is 7.11 Å². The van der Waals surface area contributed by atoms with Gasteiger partial charge >= 0.3 is 0 Å². The minimum absolute atomic E-state index is 0. The molecule has 0 aliphatic carbocycles. The highest BCUT2D eigenvalue weighted by atomic mass is 127. The second-order valence-corrected chi connectivity index (χ2v) is 5.73. The van der Waals surface area contributed by atoms with Gasteiger partial charge in [-0.05, 0) is 35.0 Å². The van der Waals surface area contributed by atoms with Gasteiger partial charge in [0.15, 0.2) is 5.69 Å². The third-order valence-electron chi connectivity index (χ3n) is 4.36. The first-order valence-electron chi connectivity index (χ1n) is 7.75. The van der Waals surface area contributed by atoms with Gasteiger partial charge in [0.2, 0.25) is 11.2 Å². The minimum Gasteiger partial charge on any atom is -1.00 e. The van der Waals surface area contributed by atoms with E-state index >= 15 is 0 Å². The fourth-order valence-electron chi connectivity index (χ4n) is 3.20. The van der Waals surface area contributed by atoms with E-state index < -0.39 is 0 Å². The van der Waals surface area contributed by atoms with Crippen LogP contribution in [0.5, 0.6) is 5.75 Å². The van der Waals surface area contributed by atoms with Gasteiger partial charge in [-0.25, -0.2) is 0 Å². The molecule has 2 nitrogen and oxygen atoms in total. The molecule has 4 rings (SSSR count). The molecule has 0 amide bonds. The average Bonchev–Trinajstić information content (AvgIpc) is 2.61. The molecular formula is C21H18INO. The van der Waals surface area contributed by atoms with Crippen LogP contribution in [0.2, 0.25) is 0 Å². The fourth-order valence-corrected chi connectivity index (χ4v) is 3.20. The molecule has 0 aliphatic rings. The van der Waals surface area contributed by atoms with Crippen LogP contribution in [-0.2, 0) is 0 Å². The Hall–Kier alpha value is -2.14. The first-order chi connectivity index (χ1) is 11.3. The summed E-state index contributed by atoms with van der Waals surface area (Å²) >= 11 is 0. The molecule has 0 unspecified atom stereocenters. The van der Waals surface area contributed by atoms with Crippen molar-refractivity contribution in [3.63, 3.8) is 0 Å². The number of rotatable bonds is 2. The standard InChI is InChI=1S/C21H18NO.HI/c1-15-7-13-20-19-6-4-3-5-16(19)8-14-21(20)22(15)17-9-11-18(23-2)12-10-17;/h3-14H,1-2H3;1H/q+1;/p-1. The second-order valence-electron chi connectivity index (χ2n) is 5.73. The van der Waals surface area contributed by atoms with Gasteiger partial charge in [-0.2, -0.15) is 4.57 Å². The summed E-state index contributed by atoms with van der Waals surface area (Å²) in [5.74, 6) is 0.873. The van der Waals surface area contributed by atoms with Crippen LogP contribution in [0, 0.1) is 6.92 Å². The normalized spacial score (nSPS) is 10.6. The van der Waals surface area contributed by atoms with Gasteiger partial charge in [-0.15, -0.1) is 0 Å². The van der Waals surface area contributed by atoms with Crippen molar-refractivity contribution in [2.45, 2.75) is 6.92 Å². The van der Waals surface area contributed by atoms with Crippen molar-refractivity contribution < 1.29 is 33.3 Å². The van der Waals surface area contributed by atoms with Crippen LogP contribution in [0.15, 0.2) is 72.8 Å². The lowest BCUT2D eigenvalue weighted by Gasteiger charge is -2.07. The number of halogens is 1. The van der Waals surface area contributed by atoms with Gasteiger partial charge in [0.05, 0.1) is 12.5 Å². The third-order valence-corrected chi connectivity index (χ3v) is 4.36. The summed E-state index contributed by atoms with van der Waals surface area (Å²) in [6, 6.07) is 25.5. The Morgan fingerprint density at radius 2 is 1.50 bits per heavy atom. The smallest absolute Gasteiger partial charge is 0.219 e. The van der Waals surface area contributed by atoms with Gasteiger partial charge in [0.25, 0.3) is 0 Å². The highest BCUT2D eigenvalue weighted by molar-refractivity contribution is 6.05. The van der Waals surface area contributed by atoms with Crippen LogP contribution in [0.1, 0.15) is 5.69 Å². The lowest BCUT2D eigenvalue weighted by Crippen LogP contribution is -3.00. The Kier molecular flexibility index (Phi) is 4.71. The maximum atomic E-state index is 5.27. The minimum atomic E-state index is 0. The molecule has 0 saturated carbocycles. The molecule has 0 N–H and O–H groups in total. The summed E-state index contributed by atoms with van der Waals surface area (Å²) < 4.78 is 7.56. The zero-order chi connectivity index (χ0) is 15.8. The maximum absolute atomic E-state index is 5.27. The largest absolute Gasteiger partial charge is 1.00 e. The van der Waals surface area contributed by atoms with Crippen molar-refractivity contribution in [3.05, 3.63) is 78.5 Å². The van der Waals surface area contributed by atoms with Crippen LogP contribution in [0.25, 0.3) is 27.4 Å². The van der Waals surface area contributed by atoms with E-state index in [2.05, 4.69) is 72.2 Å². The Labute approximate surface area is 158 Å². The molecule has 0 fully saturated rings. The Balaban J connectivity index is 0.00000169. The van der Waals surface area contributed by atoms with Crippen molar-refractivity contribution in [2.24, 2.45) is 0 Å². The molecule has 1 aromatic heterocycles. The number of ether oxygens (including phenoxy) is 1. The topological polar surface area (TPSA) is 13.1 Å². The summed E-state index contributed by atoms with van der Waals surface area (Å²) in [5.41, 5.74) is 3.57. The number of aryl methyl sites for hydroxylation is 1. The predicted octanol–water partition coefficient (Wildman–Crippen LogP) is 1.59. The number of pyridine rings is 1. The maximum Gasteiger partial charge on any atom is 0.219 e. The van der Waals surface area contributed by atoms with Gasteiger partial charge in [0, 0.05) is 31.2 Å². The van der Waals surface area contributed by atoms with E-state index in [0.717, 1.165) is 11.4 Å². The van der Waals surface area contributed by atoms with Crippen molar-refractivity contribution in [1.82, 2.24) is 0 Å². The van der Waals surface area contributed by atoms with E-state index in [1.807, 2.05) is 12.1 Å². The number of fused-ring (bicyclic) bond motifs is 3. The average molecular weight is 427 g/mol. The number of hydrogen-bond acceptors (Lipinski definition) is 1. The SMILES string of the molecule is COc1ccc(-[n+]2c(C)ccc3c4ccccc4ccc32)cc1.[I-]. The van der Waals surface area contributed by atoms with E-state index in [9.17, 15) is 0 Å². The fraction of sp³-hybridized carbons (Fsp3) is 0.0952. The van der Waals surface area contributed by atoms with E-state index in [1.165, 1.54) is 27.4 Å². The highest BCUT2D eigenvalue weighted by Crippen LogP contribution is 2.24. The molecule has 0 atom stereocenters. The summed E-state index contributed by atoms with van der Waals surface area (Å²) in [5, 5.41) is 3.82. The molecule has 24 heavy (non-hydrogen) atoms. The zero-order valence-electron chi connectivity index (χ0n) is 13.7. The molecular weight excluding hydrogens is 409 g/mol. The van der Waals surface area contributed by atoms with E-state index in [0.29, 0.717) is 0 Å². The zero-order valence-corrected chi connectivity index (χ0v) is 15.8. The predicted molar refractivity (Wildman–Crippen MR) is 94.3 cm³/mol. The van der Waals surface area contributed by atoms with Crippen LogP contribution >= 0.6 is 0 Å². The number of nitrogens with zero attached hydrogens (tertiary/aromatic N) is 1. The molecule has 0 saturated heterocycles. The second kappa shape index (κ2) is 6.77. The van der Waals surface area contributed by atoms with Crippen LogP contribution in [0.3, 0.4) is 0 Å². The molecule has 0 radical (unpaired) electrons. The van der Waals surface area contributed by atoms with Crippen molar-refractivity contribution >= 4 is 21.7 Å². The van der Waals surface area contributed by atoms with E-state index in [-0.39, 0.29) is 24.0 Å². The molecule has 120 valence electrons. The summed E-state index contributed by atoms with van der Waals surface area (Å²) in [7, 11) is 1.69. The lowest BCUT2D eigenvalue weighted by atomic mass is 10.0. The Morgan fingerprint density at radius 1 is 0.750 bits per heavy atom. The lowest BCUT2D eigenvalue weighted by molar-refractivity contribution is -0.574. The summed E-state index contributed by atoms with van der Waals surface area (Å²) in [4.78, 5) is 0. The van der Waals surface area contributed by atoms with Crippen LogP contribution < -0.4 is 33.3 Å². The quantitative estimate of drug-likeness (QED) is 0.269. The first-order valence-corrected chi connectivity index (χ1v) is 7.75. The van der Waals surface area contributed by atoms with Gasteiger partial charge in [0.1, 0.15) is 5.75 Å². The van der Waals surface area contributed by atoms with Crippen molar-refractivity contribution in [1.29, 1.82) is 0 Å². The van der Waals surface area contributed by atoms with Crippen LogP contribution in [0.4, 0.5) is 0 Å². The summed E-state index contributed by atoms with van der Waals surface area (Å²) in [6.45, 7) is 2.14. The molecule has 3 aromatic carbocycles. The number of hydrogen-bond donors (Lipinski definition) is 0. The molecule has 1 heterocycles. The molecule has 0 spiro atoms. The molecule has 0 bridgehead atoms. The van der Waals surface area contributed by atoms with Gasteiger partial charge < -0.3 is 28.7 Å². The molecule has 4 aromatic rings. The van der Waals surface area contributed by atoms with Gasteiger partial charge in [-0.3, -0.25) is 0 Å².